The van der Waals surface area contributed by atoms with Gasteiger partial charge in [-0.1, -0.05) is 96.5 Å². The fraction of sp³-hybridized carbons (Fsp3) is 0.0769. The SMILES string of the molecule is O=C1C(Cl)=C(C=CN(Cc2ccccc2)Cc2ccccc2)C(=O)c2ccccc21. The van der Waals surface area contributed by atoms with Gasteiger partial charge in [-0.3, -0.25) is 9.59 Å². The summed E-state index contributed by atoms with van der Waals surface area (Å²) in [5, 5.41) is -0.0330. The molecular formula is C26H20ClNO2. The molecule has 0 saturated heterocycles. The Morgan fingerprint density at radius 1 is 0.667 bits per heavy atom. The van der Waals surface area contributed by atoms with Gasteiger partial charge < -0.3 is 4.90 Å². The Labute approximate surface area is 180 Å². The number of nitrogens with zero attached hydrogens (tertiary/aromatic N) is 1. The second kappa shape index (κ2) is 8.93. The van der Waals surface area contributed by atoms with Crippen LogP contribution in [0, 0.1) is 0 Å². The van der Waals surface area contributed by atoms with E-state index in [0.717, 1.165) is 11.1 Å². The molecule has 3 aromatic carbocycles. The maximum Gasteiger partial charge on any atom is 0.205 e. The number of ketones is 2. The minimum atomic E-state index is -0.316. The Morgan fingerprint density at radius 2 is 1.13 bits per heavy atom. The van der Waals surface area contributed by atoms with Crippen LogP contribution < -0.4 is 0 Å². The normalized spacial score (nSPS) is 13.6. The van der Waals surface area contributed by atoms with Gasteiger partial charge in [-0.15, -0.1) is 0 Å². The molecule has 0 aromatic heterocycles. The van der Waals surface area contributed by atoms with Crippen molar-refractivity contribution in [1.29, 1.82) is 0 Å². The van der Waals surface area contributed by atoms with E-state index in [1.165, 1.54) is 0 Å². The van der Waals surface area contributed by atoms with Gasteiger partial charge in [0, 0.05) is 36.0 Å². The van der Waals surface area contributed by atoms with E-state index in [9.17, 15) is 9.59 Å². The Hall–Kier alpha value is -3.43. The number of hydrogen-bond donors (Lipinski definition) is 0. The van der Waals surface area contributed by atoms with Crippen LogP contribution in [0.3, 0.4) is 0 Å². The summed E-state index contributed by atoms with van der Waals surface area (Å²) < 4.78 is 0. The van der Waals surface area contributed by atoms with Crippen molar-refractivity contribution in [3.05, 3.63) is 130 Å². The number of halogens is 1. The predicted octanol–water partition coefficient (Wildman–Crippen LogP) is 5.77. The lowest BCUT2D eigenvalue weighted by atomic mass is 9.89. The van der Waals surface area contributed by atoms with Crippen LogP contribution in [-0.2, 0) is 13.1 Å². The van der Waals surface area contributed by atoms with Crippen molar-refractivity contribution in [3.8, 4) is 0 Å². The van der Waals surface area contributed by atoms with Gasteiger partial charge in [-0.25, -0.2) is 0 Å². The Morgan fingerprint density at radius 3 is 1.67 bits per heavy atom. The van der Waals surface area contributed by atoms with Gasteiger partial charge in [0.25, 0.3) is 0 Å². The number of Topliss-reactive ketones (excluding diaryl/α,β-unsaturated/α-hetero) is 2. The number of allylic oxidation sites excluding steroid dienone is 3. The molecule has 0 bridgehead atoms. The van der Waals surface area contributed by atoms with Crippen LogP contribution >= 0.6 is 11.6 Å². The van der Waals surface area contributed by atoms with E-state index < -0.39 is 0 Å². The number of carbonyl (C=O) groups is 2. The van der Waals surface area contributed by atoms with Crippen molar-refractivity contribution >= 4 is 23.2 Å². The van der Waals surface area contributed by atoms with E-state index in [-0.39, 0.29) is 22.2 Å². The van der Waals surface area contributed by atoms with E-state index in [2.05, 4.69) is 29.2 Å². The number of rotatable bonds is 6. The summed E-state index contributed by atoms with van der Waals surface area (Å²) in [6.45, 7) is 1.33. The van der Waals surface area contributed by atoms with E-state index in [1.807, 2.05) is 42.6 Å². The van der Waals surface area contributed by atoms with Gasteiger partial charge in [0.1, 0.15) is 0 Å². The molecule has 3 nitrogen and oxygen atoms in total. The Kier molecular flexibility index (Phi) is 5.92. The summed E-state index contributed by atoms with van der Waals surface area (Å²) in [6, 6.07) is 27.0. The maximum absolute atomic E-state index is 12.9. The highest BCUT2D eigenvalue weighted by Crippen LogP contribution is 2.29. The lowest BCUT2D eigenvalue weighted by molar-refractivity contribution is 0.0983. The molecule has 4 rings (SSSR count). The molecule has 30 heavy (non-hydrogen) atoms. The third kappa shape index (κ3) is 4.27. The van der Waals surface area contributed by atoms with Gasteiger partial charge in [0.05, 0.1) is 5.03 Å². The molecule has 148 valence electrons. The fourth-order valence-corrected chi connectivity index (χ4v) is 3.74. The standard InChI is InChI=1S/C26H20ClNO2/c27-24-23(25(29)21-13-7-8-14-22(21)26(24)30)15-16-28(17-19-9-3-1-4-10-19)18-20-11-5-2-6-12-20/h1-16H,17-18H2. The Balaban J connectivity index is 1.64. The van der Waals surface area contributed by atoms with Gasteiger partial charge in [-0.2, -0.15) is 0 Å². The fourth-order valence-electron chi connectivity index (χ4n) is 3.49. The van der Waals surface area contributed by atoms with Crippen LogP contribution in [0.1, 0.15) is 31.8 Å². The number of fused-ring (bicyclic) bond motifs is 1. The first-order chi connectivity index (χ1) is 14.6. The molecule has 3 aromatic rings. The Bertz CT molecular complexity index is 1090. The number of carbonyl (C=O) groups excluding carboxylic acids is 2. The molecule has 0 aliphatic heterocycles. The highest BCUT2D eigenvalue weighted by Gasteiger charge is 2.29. The molecule has 4 heteroatoms. The molecular weight excluding hydrogens is 394 g/mol. The molecule has 1 aliphatic carbocycles. The zero-order chi connectivity index (χ0) is 20.9. The number of hydrogen-bond acceptors (Lipinski definition) is 3. The second-order valence-electron chi connectivity index (χ2n) is 7.12. The highest BCUT2D eigenvalue weighted by molar-refractivity contribution is 6.50. The van der Waals surface area contributed by atoms with Gasteiger partial charge in [-0.05, 0) is 17.2 Å². The number of benzene rings is 3. The topological polar surface area (TPSA) is 37.4 Å². The lowest BCUT2D eigenvalue weighted by Gasteiger charge is -2.22. The first-order valence-electron chi connectivity index (χ1n) is 9.72. The molecule has 0 saturated carbocycles. The van der Waals surface area contributed by atoms with E-state index in [0.29, 0.717) is 24.2 Å². The zero-order valence-electron chi connectivity index (χ0n) is 16.3. The molecule has 1 aliphatic rings. The zero-order valence-corrected chi connectivity index (χ0v) is 17.0. The first-order valence-corrected chi connectivity index (χ1v) is 10.1. The van der Waals surface area contributed by atoms with Crippen LogP contribution in [0.25, 0.3) is 0 Å². The van der Waals surface area contributed by atoms with E-state index in [4.69, 9.17) is 11.6 Å². The summed E-state index contributed by atoms with van der Waals surface area (Å²) in [5.41, 5.74) is 3.27. The molecule has 0 fully saturated rings. The third-order valence-electron chi connectivity index (χ3n) is 5.01. The average Bonchev–Trinajstić information content (AvgIpc) is 2.79. The van der Waals surface area contributed by atoms with Crippen LogP contribution in [0.4, 0.5) is 0 Å². The molecule has 0 atom stereocenters. The maximum atomic E-state index is 12.9. The van der Waals surface area contributed by atoms with Crippen molar-refractivity contribution in [1.82, 2.24) is 4.90 Å². The quantitative estimate of drug-likeness (QED) is 0.514. The van der Waals surface area contributed by atoms with Crippen molar-refractivity contribution in [2.24, 2.45) is 0 Å². The van der Waals surface area contributed by atoms with Crippen LogP contribution in [0.2, 0.25) is 0 Å². The van der Waals surface area contributed by atoms with Gasteiger partial charge in [0.15, 0.2) is 5.78 Å². The van der Waals surface area contributed by atoms with Gasteiger partial charge >= 0.3 is 0 Å². The summed E-state index contributed by atoms with van der Waals surface area (Å²) in [4.78, 5) is 27.6. The van der Waals surface area contributed by atoms with Crippen LogP contribution in [0.5, 0.6) is 0 Å². The van der Waals surface area contributed by atoms with E-state index >= 15 is 0 Å². The van der Waals surface area contributed by atoms with E-state index in [1.54, 1.807) is 30.3 Å². The highest BCUT2D eigenvalue weighted by atomic mass is 35.5. The largest absolute Gasteiger partial charge is 0.369 e. The van der Waals surface area contributed by atoms with Crippen molar-refractivity contribution in [2.45, 2.75) is 13.1 Å². The van der Waals surface area contributed by atoms with Crippen LogP contribution in [0.15, 0.2) is 108 Å². The molecule has 0 spiro atoms. The van der Waals surface area contributed by atoms with Crippen molar-refractivity contribution in [2.75, 3.05) is 0 Å². The first kappa shape index (κ1) is 19.9. The average molecular weight is 414 g/mol. The van der Waals surface area contributed by atoms with Gasteiger partial charge in [0.2, 0.25) is 5.78 Å². The van der Waals surface area contributed by atoms with Crippen LogP contribution in [-0.4, -0.2) is 16.5 Å². The molecule has 0 heterocycles. The molecule has 0 amide bonds. The lowest BCUT2D eigenvalue weighted by Crippen LogP contribution is -2.20. The molecule has 0 N–H and O–H groups in total. The summed E-state index contributed by atoms with van der Waals surface area (Å²) in [6.07, 6.45) is 3.50. The van der Waals surface area contributed by atoms with Crippen molar-refractivity contribution in [3.63, 3.8) is 0 Å². The summed E-state index contributed by atoms with van der Waals surface area (Å²) in [5.74, 6) is -0.546. The minimum Gasteiger partial charge on any atom is -0.369 e. The molecule has 0 unspecified atom stereocenters. The third-order valence-corrected chi connectivity index (χ3v) is 5.38. The van der Waals surface area contributed by atoms with Crippen molar-refractivity contribution < 1.29 is 9.59 Å². The molecule has 0 radical (unpaired) electrons. The summed E-state index contributed by atoms with van der Waals surface area (Å²) in [7, 11) is 0. The summed E-state index contributed by atoms with van der Waals surface area (Å²) >= 11 is 6.30. The second-order valence-corrected chi connectivity index (χ2v) is 7.50. The monoisotopic (exact) mass is 413 g/mol. The predicted molar refractivity (Wildman–Crippen MR) is 119 cm³/mol. The minimum absolute atomic E-state index is 0.0330. The smallest absolute Gasteiger partial charge is 0.205 e.